The smallest absolute Gasteiger partial charge is 0.315 e. The number of nitrogens with one attached hydrogen (secondary N) is 3. The minimum absolute atomic E-state index is 0.0363. The summed E-state index contributed by atoms with van der Waals surface area (Å²) in [5.41, 5.74) is 7.66. The first-order valence-corrected chi connectivity index (χ1v) is 14.3. The highest BCUT2D eigenvalue weighted by atomic mass is 16.5. The fourth-order valence-corrected chi connectivity index (χ4v) is 5.33. The van der Waals surface area contributed by atoms with Crippen LogP contribution in [0.4, 0.5) is 5.69 Å². The number of rotatable bonds is 6. The number of piperazine rings is 1. The highest BCUT2D eigenvalue weighted by Crippen LogP contribution is 2.32. The van der Waals surface area contributed by atoms with Crippen LogP contribution in [0, 0.1) is 6.92 Å². The molecule has 0 radical (unpaired) electrons. The molecule has 2 aromatic carbocycles. The molecule has 4 heterocycles. The minimum atomic E-state index is -0.396. The van der Waals surface area contributed by atoms with Crippen LogP contribution in [0.15, 0.2) is 59.3 Å². The van der Waals surface area contributed by atoms with Crippen molar-refractivity contribution < 1.29 is 9.32 Å². The van der Waals surface area contributed by atoms with Crippen LogP contribution in [0.1, 0.15) is 61.4 Å². The second kappa shape index (κ2) is 11.0. The number of aromatic amines is 1. The number of carbonyl (C=O) groups excluding carboxylic acids is 1. The van der Waals surface area contributed by atoms with Crippen LogP contribution in [-0.2, 0) is 5.41 Å². The van der Waals surface area contributed by atoms with Gasteiger partial charge in [-0.25, -0.2) is 4.98 Å². The average molecular weight is 565 g/mol. The van der Waals surface area contributed by atoms with E-state index < -0.39 is 5.91 Å². The summed E-state index contributed by atoms with van der Waals surface area (Å²) in [6.45, 7) is 13.9. The number of amides is 1. The largest absolute Gasteiger partial charge is 0.369 e. The molecule has 10 heteroatoms. The van der Waals surface area contributed by atoms with E-state index in [9.17, 15) is 4.79 Å². The van der Waals surface area contributed by atoms with Crippen molar-refractivity contribution in [3.8, 4) is 22.4 Å². The maximum atomic E-state index is 12.8. The maximum Gasteiger partial charge on any atom is 0.315 e. The molecule has 0 saturated carbocycles. The molecule has 10 nitrogen and oxygen atoms in total. The van der Waals surface area contributed by atoms with Crippen LogP contribution < -0.4 is 15.5 Å². The number of carbonyl (C=O) groups is 1. The Balaban J connectivity index is 1.21. The molecule has 6 rings (SSSR count). The lowest BCUT2D eigenvalue weighted by molar-refractivity contribution is 0.0895. The van der Waals surface area contributed by atoms with Crippen molar-refractivity contribution in [2.24, 2.45) is 0 Å². The van der Waals surface area contributed by atoms with Gasteiger partial charge in [0.05, 0.1) is 6.04 Å². The Kier molecular flexibility index (Phi) is 7.24. The van der Waals surface area contributed by atoms with Crippen LogP contribution in [-0.4, -0.2) is 57.4 Å². The SMILES string of the molecule is Cc1cc(-c2n[nH]c3ncc(-c4ccc(N5CCNCC5)cc4)cc23)ccc1[C@@H](C)NC(=O)c1nc(C(C)(C)C)no1. The molecule has 42 heavy (non-hydrogen) atoms. The first kappa shape index (κ1) is 27.6. The van der Waals surface area contributed by atoms with Crippen LogP contribution in [0.5, 0.6) is 0 Å². The van der Waals surface area contributed by atoms with E-state index in [1.165, 1.54) is 5.69 Å². The van der Waals surface area contributed by atoms with Gasteiger partial charge in [0, 0.05) is 60.0 Å². The van der Waals surface area contributed by atoms with Gasteiger partial charge < -0.3 is 20.1 Å². The van der Waals surface area contributed by atoms with E-state index in [0.717, 1.165) is 70.7 Å². The van der Waals surface area contributed by atoms with Crippen molar-refractivity contribution in [3.05, 3.63) is 77.6 Å². The number of hydrogen-bond donors (Lipinski definition) is 3. The fraction of sp³-hybridized carbons (Fsp3) is 0.344. The summed E-state index contributed by atoms with van der Waals surface area (Å²) in [6, 6.07) is 16.7. The van der Waals surface area contributed by atoms with Gasteiger partial charge in [0.1, 0.15) is 5.69 Å². The van der Waals surface area contributed by atoms with E-state index in [1.807, 2.05) is 52.9 Å². The molecule has 1 aliphatic rings. The summed E-state index contributed by atoms with van der Waals surface area (Å²) in [4.78, 5) is 24.1. The number of hydrogen-bond acceptors (Lipinski definition) is 8. The molecule has 1 aliphatic heterocycles. The van der Waals surface area contributed by atoms with Gasteiger partial charge in [-0.2, -0.15) is 10.1 Å². The Labute approximate surface area is 244 Å². The zero-order chi connectivity index (χ0) is 29.4. The van der Waals surface area contributed by atoms with E-state index >= 15 is 0 Å². The van der Waals surface area contributed by atoms with Crippen molar-refractivity contribution in [1.82, 2.24) is 36.0 Å². The molecule has 1 atom stereocenters. The number of H-pyrrole nitrogens is 1. The van der Waals surface area contributed by atoms with Gasteiger partial charge in [0.25, 0.3) is 0 Å². The number of aryl methyl sites for hydroxylation is 1. The Hall–Kier alpha value is -4.57. The van der Waals surface area contributed by atoms with Gasteiger partial charge >= 0.3 is 11.8 Å². The van der Waals surface area contributed by atoms with Crippen LogP contribution in [0.2, 0.25) is 0 Å². The summed E-state index contributed by atoms with van der Waals surface area (Å²) < 4.78 is 5.21. The molecule has 5 aromatic rings. The fourth-order valence-electron chi connectivity index (χ4n) is 5.33. The number of nitrogens with zero attached hydrogens (tertiary/aromatic N) is 5. The van der Waals surface area contributed by atoms with Gasteiger partial charge in [-0.1, -0.05) is 50.2 Å². The van der Waals surface area contributed by atoms with E-state index in [0.29, 0.717) is 5.82 Å². The average Bonchev–Trinajstić information content (AvgIpc) is 3.66. The summed E-state index contributed by atoms with van der Waals surface area (Å²) in [7, 11) is 0. The van der Waals surface area contributed by atoms with Crippen molar-refractivity contribution in [2.45, 2.75) is 46.1 Å². The van der Waals surface area contributed by atoms with E-state index in [2.05, 4.69) is 77.3 Å². The normalized spacial score (nSPS) is 14.7. The van der Waals surface area contributed by atoms with Crippen LogP contribution >= 0.6 is 0 Å². The standard InChI is InChI=1S/C32H36N8O2/c1-19-16-22(8-11-25(19)20(2)35-29(41)30-36-31(39-42-30)32(3,4)5)27-26-17-23(18-34-28(26)38-37-27)21-6-9-24(10-7-21)40-14-12-33-13-15-40/h6-11,16-18,20,33H,12-15H2,1-5H3,(H,35,41)(H,34,37,38)/t20-/m1/s1. The summed E-state index contributed by atoms with van der Waals surface area (Å²) in [5, 5.41) is 19.0. The Morgan fingerprint density at radius 3 is 2.45 bits per heavy atom. The summed E-state index contributed by atoms with van der Waals surface area (Å²) in [6.07, 6.45) is 1.89. The second-order valence-corrected chi connectivity index (χ2v) is 11.9. The number of anilines is 1. The zero-order valence-electron chi connectivity index (χ0n) is 24.7. The molecule has 1 amide bonds. The molecule has 0 spiro atoms. The third kappa shape index (κ3) is 5.49. The summed E-state index contributed by atoms with van der Waals surface area (Å²) >= 11 is 0. The Bertz CT molecular complexity index is 1730. The molecule has 3 aromatic heterocycles. The highest BCUT2D eigenvalue weighted by molar-refractivity contribution is 5.93. The number of aromatic nitrogens is 5. The van der Waals surface area contributed by atoms with E-state index in [-0.39, 0.29) is 17.3 Å². The molecule has 0 aliphatic carbocycles. The molecular weight excluding hydrogens is 528 g/mol. The van der Waals surface area contributed by atoms with Gasteiger partial charge in [-0.05, 0) is 54.8 Å². The van der Waals surface area contributed by atoms with Gasteiger partial charge in [-0.3, -0.25) is 9.89 Å². The number of benzene rings is 2. The molecule has 1 saturated heterocycles. The first-order chi connectivity index (χ1) is 20.2. The van der Waals surface area contributed by atoms with Crippen molar-refractivity contribution in [2.75, 3.05) is 31.1 Å². The first-order valence-electron chi connectivity index (χ1n) is 14.3. The molecule has 0 unspecified atom stereocenters. The number of fused-ring (bicyclic) bond motifs is 1. The maximum absolute atomic E-state index is 12.8. The van der Waals surface area contributed by atoms with Crippen molar-refractivity contribution in [3.63, 3.8) is 0 Å². The van der Waals surface area contributed by atoms with Crippen molar-refractivity contribution >= 4 is 22.6 Å². The van der Waals surface area contributed by atoms with E-state index in [4.69, 9.17) is 4.52 Å². The molecule has 216 valence electrons. The topological polar surface area (TPSA) is 125 Å². The second-order valence-electron chi connectivity index (χ2n) is 11.9. The molecular formula is C32H36N8O2. The molecule has 1 fully saturated rings. The highest BCUT2D eigenvalue weighted by Gasteiger charge is 2.25. The lowest BCUT2D eigenvalue weighted by Gasteiger charge is -2.29. The van der Waals surface area contributed by atoms with Gasteiger partial charge in [0.15, 0.2) is 11.5 Å². The summed E-state index contributed by atoms with van der Waals surface area (Å²) in [5.74, 6) is 0.0644. The van der Waals surface area contributed by atoms with Gasteiger partial charge in [0.2, 0.25) is 0 Å². The molecule has 3 N–H and O–H groups in total. The predicted octanol–water partition coefficient (Wildman–Crippen LogP) is 5.18. The third-order valence-corrected chi connectivity index (χ3v) is 7.75. The third-order valence-electron chi connectivity index (χ3n) is 7.75. The van der Waals surface area contributed by atoms with E-state index in [1.54, 1.807) is 0 Å². The number of pyridine rings is 1. The quantitative estimate of drug-likeness (QED) is 0.258. The Morgan fingerprint density at radius 1 is 1.02 bits per heavy atom. The van der Waals surface area contributed by atoms with Gasteiger partial charge in [-0.15, -0.1) is 0 Å². The molecule has 0 bridgehead atoms. The monoisotopic (exact) mass is 564 g/mol. The van der Waals surface area contributed by atoms with Crippen molar-refractivity contribution in [1.29, 1.82) is 0 Å². The lowest BCUT2D eigenvalue weighted by atomic mass is 9.96. The predicted molar refractivity (Wildman–Crippen MR) is 163 cm³/mol. The lowest BCUT2D eigenvalue weighted by Crippen LogP contribution is -2.43. The van der Waals surface area contributed by atoms with Crippen LogP contribution in [0.3, 0.4) is 0 Å². The van der Waals surface area contributed by atoms with Crippen LogP contribution in [0.25, 0.3) is 33.4 Å². The Morgan fingerprint density at radius 2 is 1.76 bits per heavy atom. The minimum Gasteiger partial charge on any atom is -0.369 e. The zero-order valence-corrected chi connectivity index (χ0v) is 24.7.